The Morgan fingerprint density at radius 1 is 1.38 bits per heavy atom. The summed E-state index contributed by atoms with van der Waals surface area (Å²) in [4.78, 5) is 0. The van der Waals surface area contributed by atoms with Crippen LogP contribution in [-0.4, -0.2) is 23.1 Å². The molecule has 0 amide bonds. The maximum atomic E-state index is 10.2. The van der Waals surface area contributed by atoms with Crippen molar-refractivity contribution in [2.45, 2.75) is 63.9 Å². The van der Waals surface area contributed by atoms with Gasteiger partial charge in [-0.1, -0.05) is 32.6 Å². The second-order valence-electron chi connectivity index (χ2n) is 4.88. The third kappa shape index (κ3) is 1.87. The van der Waals surface area contributed by atoms with Crippen molar-refractivity contribution >= 4 is 0 Å². The van der Waals surface area contributed by atoms with Gasteiger partial charge in [-0.25, -0.2) is 0 Å². The minimum absolute atomic E-state index is 0.170. The van der Waals surface area contributed by atoms with Crippen LogP contribution in [0.1, 0.15) is 46.0 Å². The lowest BCUT2D eigenvalue weighted by molar-refractivity contribution is -0.371. The highest BCUT2D eigenvalue weighted by Gasteiger charge is 2.61. The number of rotatable bonds is 6. The molecule has 0 aromatic carbocycles. The molecule has 2 aliphatic rings. The van der Waals surface area contributed by atoms with Crippen LogP contribution in [0.3, 0.4) is 0 Å². The van der Waals surface area contributed by atoms with E-state index in [1.807, 2.05) is 13.0 Å². The van der Waals surface area contributed by atoms with Crippen LogP contribution in [0, 0.1) is 5.92 Å². The van der Waals surface area contributed by atoms with Crippen LogP contribution in [0.4, 0.5) is 0 Å². The third-order valence-corrected chi connectivity index (χ3v) is 3.67. The molecule has 3 nitrogen and oxygen atoms in total. The van der Waals surface area contributed by atoms with E-state index >= 15 is 0 Å². The summed E-state index contributed by atoms with van der Waals surface area (Å²) in [5.74, 6) is -0.514. The van der Waals surface area contributed by atoms with E-state index in [-0.39, 0.29) is 12.0 Å². The molecular weight excluding hydrogens is 204 g/mol. The van der Waals surface area contributed by atoms with Gasteiger partial charge in [0.15, 0.2) is 0 Å². The van der Waals surface area contributed by atoms with Crippen molar-refractivity contribution in [1.82, 2.24) is 0 Å². The van der Waals surface area contributed by atoms with Gasteiger partial charge >= 0.3 is 0 Å². The highest BCUT2D eigenvalue weighted by Crippen LogP contribution is 2.48. The first kappa shape index (κ1) is 11.9. The molecule has 0 aliphatic carbocycles. The number of aliphatic hydroxyl groups excluding tert-OH is 1. The molecule has 4 unspecified atom stereocenters. The highest BCUT2D eigenvalue weighted by molar-refractivity contribution is 5.12. The van der Waals surface area contributed by atoms with Crippen LogP contribution < -0.4 is 0 Å². The Kier molecular flexibility index (Phi) is 3.55. The predicted octanol–water partition coefficient (Wildman–Crippen LogP) is 2.59. The summed E-state index contributed by atoms with van der Waals surface area (Å²) in [6, 6.07) is 0. The summed E-state index contributed by atoms with van der Waals surface area (Å²) in [5.41, 5.74) is 0. The summed E-state index contributed by atoms with van der Waals surface area (Å²) in [7, 11) is 0. The fourth-order valence-electron chi connectivity index (χ4n) is 2.67. The zero-order valence-electron chi connectivity index (χ0n) is 10.2. The zero-order chi connectivity index (χ0) is 11.6. The van der Waals surface area contributed by atoms with E-state index in [0.29, 0.717) is 0 Å². The Labute approximate surface area is 97.4 Å². The van der Waals surface area contributed by atoms with E-state index in [1.54, 1.807) is 6.26 Å². The van der Waals surface area contributed by atoms with Gasteiger partial charge in [0, 0.05) is 0 Å². The normalized spacial score (nSPS) is 37.7. The van der Waals surface area contributed by atoms with Crippen molar-refractivity contribution < 1.29 is 14.6 Å². The molecule has 4 atom stereocenters. The number of hydrogen-bond acceptors (Lipinski definition) is 3. The minimum Gasteiger partial charge on any atom is -0.467 e. The average molecular weight is 226 g/mol. The number of aliphatic hydroxyl groups is 1. The second-order valence-corrected chi connectivity index (χ2v) is 4.88. The van der Waals surface area contributed by atoms with Crippen molar-refractivity contribution in [2.24, 2.45) is 5.92 Å². The topological polar surface area (TPSA) is 38.7 Å². The Hall–Kier alpha value is -0.540. The van der Waals surface area contributed by atoms with Crippen molar-refractivity contribution in [2.75, 3.05) is 0 Å². The molecule has 0 aromatic heterocycles. The van der Waals surface area contributed by atoms with Gasteiger partial charge in [-0.05, 0) is 19.4 Å². The van der Waals surface area contributed by atoms with Gasteiger partial charge in [0.25, 0.3) is 0 Å². The molecule has 1 fully saturated rings. The minimum atomic E-state index is -0.744. The Morgan fingerprint density at radius 3 is 2.88 bits per heavy atom. The molecule has 2 heterocycles. The fraction of sp³-hybridized carbons (Fsp3) is 0.846. The summed E-state index contributed by atoms with van der Waals surface area (Å²) in [6.45, 7) is 4.21. The van der Waals surface area contributed by atoms with Crippen molar-refractivity contribution in [3.8, 4) is 0 Å². The lowest BCUT2D eigenvalue weighted by atomic mass is 9.82. The van der Waals surface area contributed by atoms with Crippen LogP contribution in [-0.2, 0) is 9.47 Å². The Bertz CT molecular complexity index is 264. The van der Waals surface area contributed by atoms with Gasteiger partial charge in [-0.3, -0.25) is 0 Å². The van der Waals surface area contributed by atoms with Gasteiger partial charge in [-0.2, -0.15) is 0 Å². The van der Waals surface area contributed by atoms with Crippen LogP contribution in [0.15, 0.2) is 12.3 Å². The molecule has 0 radical (unpaired) electrons. The van der Waals surface area contributed by atoms with Gasteiger partial charge in [0.2, 0.25) is 5.79 Å². The highest BCUT2D eigenvalue weighted by atomic mass is 16.7. The van der Waals surface area contributed by atoms with E-state index in [0.717, 1.165) is 12.8 Å². The lowest BCUT2D eigenvalue weighted by Gasteiger charge is -2.50. The van der Waals surface area contributed by atoms with Gasteiger partial charge in [-0.15, -0.1) is 0 Å². The molecular formula is C13H22O3. The molecule has 1 saturated heterocycles. The first-order valence-corrected chi connectivity index (χ1v) is 6.41. The van der Waals surface area contributed by atoms with E-state index in [9.17, 15) is 5.11 Å². The molecule has 0 saturated carbocycles. The van der Waals surface area contributed by atoms with Crippen LogP contribution in [0.25, 0.3) is 0 Å². The van der Waals surface area contributed by atoms with Crippen molar-refractivity contribution in [3.63, 3.8) is 0 Å². The van der Waals surface area contributed by atoms with Gasteiger partial charge < -0.3 is 14.6 Å². The van der Waals surface area contributed by atoms with E-state index < -0.39 is 11.9 Å². The number of ether oxygens (including phenoxy) is 2. The molecule has 3 heteroatoms. The molecule has 16 heavy (non-hydrogen) atoms. The SMILES string of the molecule is CCCCCCC(O)C12OC=CC1C(C)O2. The Balaban J connectivity index is 1.79. The molecule has 0 aromatic rings. The summed E-state index contributed by atoms with van der Waals surface area (Å²) < 4.78 is 11.1. The number of unbranched alkanes of at least 4 members (excludes halogenated alkanes) is 3. The van der Waals surface area contributed by atoms with Gasteiger partial charge in [0.05, 0.1) is 18.3 Å². The maximum absolute atomic E-state index is 10.2. The smallest absolute Gasteiger partial charge is 0.244 e. The predicted molar refractivity (Wildman–Crippen MR) is 61.8 cm³/mol. The van der Waals surface area contributed by atoms with Crippen molar-refractivity contribution in [3.05, 3.63) is 12.3 Å². The largest absolute Gasteiger partial charge is 0.467 e. The van der Waals surface area contributed by atoms with E-state index in [1.165, 1.54) is 19.3 Å². The second kappa shape index (κ2) is 4.76. The van der Waals surface area contributed by atoms with E-state index in [4.69, 9.17) is 9.47 Å². The summed E-state index contributed by atoms with van der Waals surface area (Å²) in [6.07, 6.45) is 8.79. The molecule has 0 bridgehead atoms. The summed E-state index contributed by atoms with van der Waals surface area (Å²) in [5, 5.41) is 10.2. The van der Waals surface area contributed by atoms with Crippen LogP contribution in [0.2, 0.25) is 0 Å². The van der Waals surface area contributed by atoms with Gasteiger partial charge in [0.1, 0.15) is 6.10 Å². The fourth-order valence-corrected chi connectivity index (χ4v) is 2.67. The Morgan fingerprint density at radius 2 is 2.19 bits per heavy atom. The molecule has 2 aliphatic heterocycles. The van der Waals surface area contributed by atoms with Crippen LogP contribution in [0.5, 0.6) is 0 Å². The standard InChI is InChI=1S/C13H22O3/c1-3-4-5-6-7-12(14)13-11(8-9-15-13)10(2)16-13/h8-12,14H,3-7H2,1-2H3. The van der Waals surface area contributed by atoms with Crippen LogP contribution >= 0.6 is 0 Å². The molecule has 1 N–H and O–H groups in total. The first-order chi connectivity index (χ1) is 7.70. The average Bonchev–Trinajstić information content (AvgIpc) is 2.62. The molecule has 0 spiro atoms. The lowest BCUT2D eigenvalue weighted by Crippen LogP contribution is -2.63. The number of fused-ring (bicyclic) bond motifs is 1. The van der Waals surface area contributed by atoms with Crippen molar-refractivity contribution in [1.29, 1.82) is 0 Å². The molecule has 2 rings (SSSR count). The van der Waals surface area contributed by atoms with E-state index in [2.05, 4.69) is 6.92 Å². The number of hydrogen-bond donors (Lipinski definition) is 1. The molecule has 92 valence electrons. The third-order valence-electron chi connectivity index (χ3n) is 3.67. The quantitative estimate of drug-likeness (QED) is 0.707. The maximum Gasteiger partial charge on any atom is 0.244 e. The first-order valence-electron chi connectivity index (χ1n) is 6.41. The monoisotopic (exact) mass is 226 g/mol. The summed E-state index contributed by atoms with van der Waals surface area (Å²) >= 11 is 0. The zero-order valence-corrected chi connectivity index (χ0v) is 10.2.